The molecule has 25 heteroatoms. The Morgan fingerprint density at radius 3 is 2.15 bits per heavy atom. The number of fused-ring (bicyclic) bond motifs is 2. The first-order valence-electron chi connectivity index (χ1n) is 30.1. The first kappa shape index (κ1) is 67.8. The van der Waals surface area contributed by atoms with Gasteiger partial charge in [0.2, 0.25) is 35.5 Å². The third kappa shape index (κ3) is 18.1. The zero-order valence-corrected chi connectivity index (χ0v) is 53.2. The highest BCUT2D eigenvalue weighted by Crippen LogP contribution is 2.43. The van der Waals surface area contributed by atoms with E-state index < -0.39 is 47.1 Å². The highest BCUT2D eigenvalue weighted by molar-refractivity contribution is 7.13. The van der Waals surface area contributed by atoms with Crippen LogP contribution in [0.1, 0.15) is 71.2 Å². The van der Waals surface area contributed by atoms with Crippen LogP contribution in [0, 0.1) is 18.2 Å². The average molecular weight is 1270 g/mol. The van der Waals surface area contributed by atoms with E-state index in [1.165, 1.54) is 11.0 Å². The van der Waals surface area contributed by atoms with E-state index in [-0.39, 0.29) is 105 Å². The van der Waals surface area contributed by atoms with Crippen LogP contribution in [0.4, 0.5) is 16.2 Å². The molecule has 0 bridgehead atoms. The number of hydrogen-bond acceptors (Lipinski definition) is 18. The van der Waals surface area contributed by atoms with Crippen molar-refractivity contribution in [2.45, 2.75) is 85.0 Å². The number of likely N-dealkylation sites (tertiary alicyclic amines) is 1. The van der Waals surface area contributed by atoms with Gasteiger partial charge >= 0.3 is 0 Å². The van der Waals surface area contributed by atoms with Crippen LogP contribution in [0.25, 0.3) is 43.2 Å². The monoisotopic (exact) mass is 1270 g/mol. The van der Waals surface area contributed by atoms with E-state index in [9.17, 15) is 34.2 Å². The van der Waals surface area contributed by atoms with E-state index >= 15 is 4.39 Å². The number of halogens is 2. The summed E-state index contributed by atoms with van der Waals surface area (Å²) in [6, 6.07) is 17.6. The van der Waals surface area contributed by atoms with Gasteiger partial charge in [0.15, 0.2) is 5.82 Å². The Labute approximate surface area is 527 Å². The first-order valence-corrected chi connectivity index (χ1v) is 31.4. The number of thiazole rings is 1. The van der Waals surface area contributed by atoms with Gasteiger partial charge in [-0.2, -0.15) is 4.98 Å². The van der Waals surface area contributed by atoms with Gasteiger partial charge < -0.3 is 69.4 Å². The summed E-state index contributed by atoms with van der Waals surface area (Å²) >= 11 is 8.46. The van der Waals surface area contributed by atoms with Crippen LogP contribution >= 0.6 is 22.9 Å². The highest BCUT2D eigenvalue weighted by atomic mass is 35.5. The van der Waals surface area contributed by atoms with Crippen molar-refractivity contribution >= 4 is 85.9 Å². The SMILES string of the molecule is CCC(=O)N1CCN(c2nc(NCCC(=O)N(C)CCOCCOCCOCCOCCOCC(=O)N[C@H](C(=O)N3C[C@H](O)C[C@H]3C(=O)N[C@@H](C)c3ccc(-c4scnc4C)cc3)C(C)(C)C)nc3c(F)c(-c4cc(O)cc5ccccc45)c(Cl)cc23)CC1. The van der Waals surface area contributed by atoms with Gasteiger partial charge in [0.05, 0.1) is 92.7 Å². The Morgan fingerprint density at radius 2 is 1.51 bits per heavy atom. The summed E-state index contributed by atoms with van der Waals surface area (Å²) in [6.07, 6.45) is -0.351. The van der Waals surface area contributed by atoms with Gasteiger partial charge in [-0.1, -0.05) is 87.8 Å². The number of carbonyl (C=O) groups excluding carboxylic acids is 5. The zero-order chi connectivity index (χ0) is 63.8. The van der Waals surface area contributed by atoms with Crippen LogP contribution in [-0.2, 0) is 47.7 Å². The van der Waals surface area contributed by atoms with Gasteiger partial charge in [-0.05, 0) is 64.9 Å². The van der Waals surface area contributed by atoms with Crippen LogP contribution in [0.3, 0.4) is 0 Å². The number of aromatic hydroxyl groups is 1. The van der Waals surface area contributed by atoms with E-state index in [4.69, 9.17) is 40.3 Å². The molecule has 480 valence electrons. The van der Waals surface area contributed by atoms with Crippen LogP contribution in [0.15, 0.2) is 72.2 Å². The number of rotatable bonds is 30. The lowest BCUT2D eigenvalue weighted by Crippen LogP contribution is -2.58. The summed E-state index contributed by atoms with van der Waals surface area (Å²) in [5, 5.41) is 32.1. The molecule has 4 heterocycles. The maximum absolute atomic E-state index is 17.0. The highest BCUT2D eigenvalue weighted by Gasteiger charge is 2.45. The van der Waals surface area contributed by atoms with Crippen molar-refractivity contribution in [2.24, 2.45) is 5.41 Å². The Bertz CT molecular complexity index is 3400. The molecule has 6 aromatic rings. The van der Waals surface area contributed by atoms with Crippen LogP contribution in [0.2, 0.25) is 5.02 Å². The van der Waals surface area contributed by atoms with Gasteiger partial charge in [-0.15, -0.1) is 11.3 Å². The first-order chi connectivity index (χ1) is 42.7. The fraction of sp³-hybridized carbons (Fsp3) is 0.500. The molecular weight excluding hydrogens is 1190 g/mol. The second-order valence-corrected chi connectivity index (χ2v) is 24.4. The third-order valence-electron chi connectivity index (χ3n) is 15.6. The summed E-state index contributed by atoms with van der Waals surface area (Å²) in [5.74, 6) is -1.65. The molecule has 2 aromatic heterocycles. The number of phenolic OH excluding ortho intramolecular Hbond substituents is 1. The molecule has 0 saturated carbocycles. The molecule has 5 amide bonds. The molecule has 0 aliphatic carbocycles. The molecule has 0 radical (unpaired) electrons. The fourth-order valence-electron chi connectivity index (χ4n) is 10.7. The molecule has 89 heavy (non-hydrogen) atoms. The summed E-state index contributed by atoms with van der Waals surface area (Å²) in [6.45, 7) is 15.5. The number of nitrogens with one attached hydrogen (secondary N) is 3. The molecule has 4 atom stereocenters. The number of aliphatic hydroxyl groups excluding tert-OH is 1. The molecule has 2 fully saturated rings. The van der Waals surface area contributed by atoms with Gasteiger partial charge in [0, 0.05) is 83.1 Å². The second kappa shape index (κ2) is 32.0. The topological polar surface area (TPSA) is 260 Å². The van der Waals surface area contributed by atoms with Crippen LogP contribution in [-0.4, -0.2) is 207 Å². The number of β-amino-alcohol motifs (C(OH)–C–C–N with tert-alkyl or cyclic N) is 1. The molecule has 22 nitrogen and oxygen atoms in total. The van der Waals surface area contributed by atoms with Crippen molar-refractivity contribution in [3.05, 3.63) is 94.3 Å². The zero-order valence-electron chi connectivity index (χ0n) is 51.7. The minimum absolute atomic E-state index is 0.0119. The Hall–Kier alpha value is -7.16. The minimum atomic E-state index is -0.998. The number of aromatic nitrogens is 3. The molecule has 2 aliphatic heterocycles. The number of benzene rings is 4. The fourth-order valence-corrected chi connectivity index (χ4v) is 11.8. The van der Waals surface area contributed by atoms with E-state index in [1.54, 1.807) is 45.8 Å². The molecule has 0 spiro atoms. The number of nitrogens with zero attached hydrogens (tertiary/aromatic N) is 7. The minimum Gasteiger partial charge on any atom is -0.508 e. The van der Waals surface area contributed by atoms with E-state index in [2.05, 4.69) is 25.9 Å². The molecular formula is C64H82ClFN10O12S. The van der Waals surface area contributed by atoms with E-state index in [0.717, 1.165) is 21.7 Å². The lowest BCUT2D eigenvalue weighted by Gasteiger charge is -2.36. The quantitative estimate of drug-likeness (QED) is 0.0280. The van der Waals surface area contributed by atoms with Crippen molar-refractivity contribution in [3.63, 3.8) is 0 Å². The second-order valence-electron chi connectivity index (χ2n) is 23.1. The summed E-state index contributed by atoms with van der Waals surface area (Å²) < 4.78 is 45.0. The Morgan fingerprint density at radius 1 is 0.854 bits per heavy atom. The smallest absolute Gasteiger partial charge is 0.246 e. The molecule has 2 saturated heterocycles. The third-order valence-corrected chi connectivity index (χ3v) is 16.9. The number of likely N-dealkylation sites (N-methyl/N-ethyl adjacent to an activating group) is 1. The normalized spacial score (nSPS) is 16.0. The maximum atomic E-state index is 17.0. The van der Waals surface area contributed by atoms with Crippen molar-refractivity contribution in [3.8, 4) is 27.3 Å². The Balaban J connectivity index is 0.681. The molecule has 0 unspecified atom stereocenters. The average Bonchev–Trinajstić information content (AvgIpc) is 3.78. The number of piperazine rings is 1. The Kier molecular flexibility index (Phi) is 24.4. The largest absolute Gasteiger partial charge is 0.508 e. The number of ether oxygens (including phenoxy) is 5. The lowest BCUT2D eigenvalue weighted by atomic mass is 9.85. The number of amides is 5. The lowest BCUT2D eigenvalue weighted by molar-refractivity contribution is -0.144. The van der Waals surface area contributed by atoms with Crippen LogP contribution < -0.4 is 20.9 Å². The van der Waals surface area contributed by atoms with Crippen molar-refractivity contribution in [1.82, 2.24) is 40.3 Å². The molecule has 8 rings (SSSR count). The maximum Gasteiger partial charge on any atom is 0.246 e. The van der Waals surface area contributed by atoms with Crippen molar-refractivity contribution < 1.29 is 62.3 Å². The number of anilines is 2. The van der Waals surface area contributed by atoms with E-state index in [1.807, 2.05) is 95.0 Å². The summed E-state index contributed by atoms with van der Waals surface area (Å²) in [5.41, 5.74) is 4.44. The van der Waals surface area contributed by atoms with Gasteiger partial charge in [0.1, 0.15) is 35.8 Å². The van der Waals surface area contributed by atoms with Crippen molar-refractivity contribution in [2.75, 3.05) is 129 Å². The standard InChI is InChI=1S/C64H82ClFN10O12S/c1-8-53(80)74-19-21-75(22-20-74)60-49-36-50(65)55(48-34-45(77)33-44-11-9-10-12-47(44)48)56(66)57(49)71-63(72-60)67-18-17-54(81)73(7)23-24-84-25-26-85-27-28-86-29-30-87-31-32-88-38-52(79)70-59(64(4,5)6)62(83)76-37-46(78)35-51(76)61(82)69-40(2)42-13-15-43(16-14-42)58-41(3)68-39-89-58/h9-16,33-34,36,39-40,46,51,59,77-78H,8,17-32,35,37-38H2,1-7H3,(H,69,82)(H,70,79)(H,67,71,72)/t40-,46+,51-,59+/m0/s1. The molecule has 4 aromatic carbocycles. The predicted octanol–water partition coefficient (Wildman–Crippen LogP) is 7.15. The van der Waals surface area contributed by atoms with Crippen LogP contribution in [0.5, 0.6) is 5.75 Å². The number of aliphatic hydroxyl groups is 1. The number of phenols is 1. The van der Waals surface area contributed by atoms with Gasteiger partial charge in [0.25, 0.3) is 0 Å². The number of carbonyl (C=O) groups is 5. The van der Waals surface area contributed by atoms with Gasteiger partial charge in [-0.3, -0.25) is 24.0 Å². The predicted molar refractivity (Wildman–Crippen MR) is 339 cm³/mol. The van der Waals surface area contributed by atoms with E-state index in [0.29, 0.717) is 99.7 Å². The molecule has 2 aliphatic rings. The number of hydrogen-bond donors (Lipinski definition) is 5. The molecule has 5 N–H and O–H groups in total. The summed E-state index contributed by atoms with van der Waals surface area (Å²) in [7, 11) is 1.68. The van der Waals surface area contributed by atoms with Crippen molar-refractivity contribution in [1.29, 1.82) is 0 Å². The van der Waals surface area contributed by atoms with Gasteiger partial charge in [-0.25, -0.2) is 14.4 Å². The number of aryl methyl sites for hydroxylation is 1. The summed E-state index contributed by atoms with van der Waals surface area (Å²) in [4.78, 5) is 88.0.